The third-order valence-corrected chi connectivity index (χ3v) is 5.97. The fraction of sp³-hybridized carbons (Fsp3) is 0.571. The van der Waals surface area contributed by atoms with Crippen molar-refractivity contribution in [1.29, 1.82) is 0 Å². The van der Waals surface area contributed by atoms with Crippen LogP contribution in [0.2, 0.25) is 0 Å². The number of carbonyl (C=O) groups is 1. The summed E-state index contributed by atoms with van der Waals surface area (Å²) >= 11 is 0. The fourth-order valence-electron chi connectivity index (χ4n) is 1.06. The monoisotopic (exact) mass is 288 g/mol. The van der Waals surface area contributed by atoms with Crippen LogP contribution in [0.5, 0.6) is 0 Å². The Bertz CT molecular complexity index is 369. The van der Waals surface area contributed by atoms with Crippen LogP contribution in [-0.2, 0) is 13.9 Å². The lowest BCUT2D eigenvalue weighted by Gasteiger charge is -2.28. The molecular weight excluding hydrogens is 274 g/mol. The van der Waals surface area contributed by atoms with Crippen molar-refractivity contribution < 1.29 is 38.6 Å². The zero-order chi connectivity index (χ0) is 13.9. The molecule has 100 valence electrons. The Labute approximate surface area is 97.3 Å². The molecule has 5 N–H and O–H groups in total. The number of hydrogen-bond acceptors (Lipinski definition) is 4. The minimum absolute atomic E-state index is 0.216. The Kier molecular flexibility index (Phi) is 5.43. The van der Waals surface area contributed by atoms with Crippen LogP contribution in [0.25, 0.3) is 0 Å². The van der Waals surface area contributed by atoms with Gasteiger partial charge < -0.3 is 24.7 Å². The van der Waals surface area contributed by atoms with Gasteiger partial charge >= 0.3 is 15.2 Å². The SMILES string of the molecule is C=CC(=O)CCCC(O)(P(=O)(O)O)P(=O)(O)O. The highest BCUT2D eigenvalue weighted by Gasteiger charge is 2.58. The normalized spacial score (nSPS) is 13.5. The van der Waals surface area contributed by atoms with Gasteiger partial charge in [0, 0.05) is 12.8 Å². The zero-order valence-electron chi connectivity index (χ0n) is 8.76. The van der Waals surface area contributed by atoms with Crippen LogP contribution in [0.15, 0.2) is 12.7 Å². The predicted octanol–water partition coefficient (Wildman–Crippen LogP) is -0.0867. The molecule has 0 aliphatic carbocycles. The standard InChI is InChI=1S/C7H14O8P2/c1-2-6(8)4-3-5-7(9,16(10,11)12)17(13,14)15/h2,9H,1,3-5H2,(H2,10,11,12)(H2,13,14,15). The van der Waals surface area contributed by atoms with Crippen molar-refractivity contribution in [2.24, 2.45) is 0 Å². The first-order chi connectivity index (χ1) is 7.45. The molecule has 0 amide bonds. The van der Waals surface area contributed by atoms with Gasteiger partial charge in [-0.2, -0.15) is 0 Å². The van der Waals surface area contributed by atoms with Crippen molar-refractivity contribution in [3.8, 4) is 0 Å². The molecule has 0 rings (SSSR count). The summed E-state index contributed by atoms with van der Waals surface area (Å²) in [6.07, 6.45) is -0.418. The minimum atomic E-state index is -5.42. The van der Waals surface area contributed by atoms with Crippen LogP contribution in [0, 0.1) is 0 Å². The second-order valence-corrected chi connectivity index (χ2v) is 7.39. The third kappa shape index (κ3) is 4.12. The minimum Gasteiger partial charge on any atom is -0.368 e. The lowest BCUT2D eigenvalue weighted by atomic mass is 10.2. The Morgan fingerprint density at radius 2 is 1.59 bits per heavy atom. The second kappa shape index (κ2) is 5.54. The summed E-state index contributed by atoms with van der Waals surface area (Å²) in [5.41, 5.74) is 0. The van der Waals surface area contributed by atoms with E-state index in [0.29, 0.717) is 0 Å². The van der Waals surface area contributed by atoms with Gasteiger partial charge in [0.2, 0.25) is 0 Å². The first-order valence-corrected chi connectivity index (χ1v) is 7.67. The molecule has 0 saturated carbocycles. The van der Waals surface area contributed by atoms with E-state index in [9.17, 15) is 19.0 Å². The van der Waals surface area contributed by atoms with E-state index < -0.39 is 32.5 Å². The molecule has 0 saturated heterocycles. The zero-order valence-corrected chi connectivity index (χ0v) is 10.5. The topological polar surface area (TPSA) is 152 Å². The van der Waals surface area contributed by atoms with Crippen molar-refractivity contribution in [3.63, 3.8) is 0 Å². The average Bonchev–Trinajstić information content (AvgIpc) is 2.13. The van der Waals surface area contributed by atoms with E-state index in [-0.39, 0.29) is 12.8 Å². The number of ketones is 1. The van der Waals surface area contributed by atoms with Crippen LogP contribution < -0.4 is 0 Å². The molecule has 0 spiro atoms. The van der Waals surface area contributed by atoms with E-state index in [0.717, 1.165) is 6.08 Å². The summed E-state index contributed by atoms with van der Waals surface area (Å²) in [5.74, 6) is -0.455. The van der Waals surface area contributed by atoms with Crippen LogP contribution in [0.4, 0.5) is 0 Å². The Morgan fingerprint density at radius 1 is 1.18 bits per heavy atom. The molecule has 8 nitrogen and oxygen atoms in total. The average molecular weight is 288 g/mol. The smallest absolute Gasteiger partial charge is 0.368 e. The number of aliphatic hydroxyl groups is 1. The molecule has 17 heavy (non-hydrogen) atoms. The maximum atomic E-state index is 10.9. The molecule has 0 heterocycles. The quantitative estimate of drug-likeness (QED) is 0.322. The van der Waals surface area contributed by atoms with E-state index in [1.807, 2.05) is 0 Å². The summed E-state index contributed by atoms with van der Waals surface area (Å²) in [6.45, 7) is 3.15. The molecule has 0 atom stereocenters. The van der Waals surface area contributed by atoms with Crippen LogP contribution in [0.3, 0.4) is 0 Å². The maximum Gasteiger partial charge on any atom is 0.369 e. The van der Waals surface area contributed by atoms with Crippen molar-refractivity contribution >= 4 is 21.0 Å². The van der Waals surface area contributed by atoms with Gasteiger partial charge in [-0.3, -0.25) is 13.9 Å². The summed E-state index contributed by atoms with van der Waals surface area (Å²) in [6, 6.07) is 0. The molecule has 0 aliphatic rings. The highest BCUT2D eigenvalue weighted by molar-refractivity contribution is 7.72. The van der Waals surface area contributed by atoms with Crippen LogP contribution in [-0.4, -0.2) is 35.5 Å². The van der Waals surface area contributed by atoms with Gasteiger partial charge in [-0.15, -0.1) is 0 Å². The first-order valence-electron chi connectivity index (χ1n) is 4.44. The molecule has 0 aromatic rings. The molecule has 0 aromatic carbocycles. The number of allylic oxidation sites excluding steroid dienone is 1. The second-order valence-electron chi connectivity index (χ2n) is 3.39. The van der Waals surface area contributed by atoms with Gasteiger partial charge in [0.1, 0.15) is 0 Å². The molecule has 0 bridgehead atoms. The summed E-state index contributed by atoms with van der Waals surface area (Å²) in [7, 11) is -10.8. The van der Waals surface area contributed by atoms with E-state index in [1.54, 1.807) is 0 Å². The van der Waals surface area contributed by atoms with Crippen molar-refractivity contribution in [2.45, 2.75) is 24.3 Å². The van der Waals surface area contributed by atoms with Gasteiger partial charge in [-0.05, 0) is 12.5 Å². The van der Waals surface area contributed by atoms with Gasteiger partial charge in [0.25, 0.3) is 5.08 Å². The molecule has 10 heteroatoms. The molecule has 0 fully saturated rings. The fourth-order valence-corrected chi connectivity index (χ4v) is 3.32. The van der Waals surface area contributed by atoms with E-state index in [1.165, 1.54) is 0 Å². The molecular formula is C7H14O8P2. The Morgan fingerprint density at radius 3 is 1.88 bits per heavy atom. The molecule has 0 radical (unpaired) electrons. The van der Waals surface area contributed by atoms with E-state index in [2.05, 4.69) is 6.58 Å². The highest BCUT2D eigenvalue weighted by atomic mass is 31.2. The lowest BCUT2D eigenvalue weighted by molar-refractivity contribution is -0.114. The first kappa shape index (κ1) is 16.7. The molecule has 0 unspecified atom stereocenters. The highest BCUT2D eigenvalue weighted by Crippen LogP contribution is 2.69. The van der Waals surface area contributed by atoms with Crippen molar-refractivity contribution in [1.82, 2.24) is 0 Å². The molecule has 0 aromatic heterocycles. The van der Waals surface area contributed by atoms with Gasteiger partial charge in [0.15, 0.2) is 5.78 Å². The van der Waals surface area contributed by atoms with Crippen LogP contribution in [0.1, 0.15) is 19.3 Å². The largest absolute Gasteiger partial charge is 0.369 e. The Balaban J connectivity index is 4.89. The third-order valence-electron chi connectivity index (χ3n) is 2.10. The van der Waals surface area contributed by atoms with Gasteiger partial charge in [-0.1, -0.05) is 6.58 Å². The summed E-state index contributed by atoms with van der Waals surface area (Å²) < 4.78 is 21.8. The number of rotatable bonds is 7. The van der Waals surface area contributed by atoms with E-state index in [4.69, 9.17) is 19.6 Å². The van der Waals surface area contributed by atoms with Crippen LogP contribution >= 0.6 is 15.2 Å². The number of hydrogen-bond donors (Lipinski definition) is 5. The number of carbonyl (C=O) groups excluding carboxylic acids is 1. The van der Waals surface area contributed by atoms with Crippen molar-refractivity contribution in [2.75, 3.05) is 0 Å². The van der Waals surface area contributed by atoms with Gasteiger partial charge in [0.05, 0.1) is 0 Å². The Hall–Kier alpha value is -0.330. The summed E-state index contributed by atoms with van der Waals surface area (Å²) in [4.78, 5) is 45.8. The molecule has 0 aliphatic heterocycles. The maximum absolute atomic E-state index is 10.9. The summed E-state index contributed by atoms with van der Waals surface area (Å²) in [5, 5.41) is 5.96. The van der Waals surface area contributed by atoms with Gasteiger partial charge in [-0.25, -0.2) is 0 Å². The lowest BCUT2D eigenvalue weighted by Crippen LogP contribution is -2.28. The predicted molar refractivity (Wildman–Crippen MR) is 58.1 cm³/mol. The van der Waals surface area contributed by atoms with E-state index >= 15 is 0 Å². The van der Waals surface area contributed by atoms with Crippen molar-refractivity contribution in [3.05, 3.63) is 12.7 Å².